The highest BCUT2D eigenvalue weighted by Gasteiger charge is 2.23. The number of rotatable bonds is 4. The van der Waals surface area contributed by atoms with Crippen molar-refractivity contribution in [3.8, 4) is 5.75 Å². The molecule has 0 saturated carbocycles. The maximum atomic E-state index is 12.1. The first-order valence-corrected chi connectivity index (χ1v) is 8.61. The van der Waals surface area contributed by atoms with Crippen LogP contribution in [-0.2, 0) is 4.79 Å². The smallest absolute Gasteiger partial charge is 0.264 e. The zero-order valence-electron chi connectivity index (χ0n) is 13.0. The Labute approximate surface area is 149 Å². The van der Waals surface area contributed by atoms with Crippen LogP contribution in [0, 0.1) is 0 Å². The number of ether oxygens (including phenoxy) is 1. The van der Waals surface area contributed by atoms with Crippen molar-refractivity contribution in [2.24, 2.45) is 4.99 Å². The molecule has 0 radical (unpaired) electrons. The lowest BCUT2D eigenvalue weighted by molar-refractivity contribution is -0.115. The summed E-state index contributed by atoms with van der Waals surface area (Å²) in [7, 11) is 0. The molecule has 1 aliphatic heterocycles. The van der Waals surface area contributed by atoms with Gasteiger partial charge in [-0.1, -0.05) is 23.7 Å². The highest BCUT2D eigenvalue weighted by atomic mass is 35.5. The average Bonchev–Trinajstić information content (AvgIpc) is 2.90. The van der Waals surface area contributed by atoms with Gasteiger partial charge in [0.2, 0.25) is 0 Å². The SMILES string of the molecule is CCOc1cccc(/C=C2\SC(=Nc3ccc(Cl)cc3)NC2=O)c1. The zero-order valence-corrected chi connectivity index (χ0v) is 14.5. The first-order chi connectivity index (χ1) is 11.6. The van der Waals surface area contributed by atoms with Crippen LogP contribution in [0.4, 0.5) is 5.69 Å². The molecule has 122 valence electrons. The summed E-state index contributed by atoms with van der Waals surface area (Å²) in [4.78, 5) is 17.1. The van der Waals surface area contributed by atoms with Gasteiger partial charge in [-0.2, -0.15) is 0 Å². The molecule has 2 aromatic rings. The predicted octanol–water partition coefficient (Wildman–Crippen LogP) is 4.63. The van der Waals surface area contributed by atoms with Crippen molar-refractivity contribution in [3.63, 3.8) is 0 Å². The molecule has 0 bridgehead atoms. The summed E-state index contributed by atoms with van der Waals surface area (Å²) in [6, 6.07) is 14.7. The average molecular weight is 359 g/mol. The first kappa shape index (κ1) is 16.6. The number of hydrogen-bond donors (Lipinski definition) is 1. The minimum Gasteiger partial charge on any atom is -0.494 e. The summed E-state index contributed by atoms with van der Waals surface area (Å²) in [5.41, 5.74) is 1.65. The molecule has 4 nitrogen and oxygen atoms in total. The summed E-state index contributed by atoms with van der Waals surface area (Å²) in [6.07, 6.45) is 1.83. The summed E-state index contributed by atoms with van der Waals surface area (Å²) in [5.74, 6) is 0.625. The molecule has 0 spiro atoms. The maximum Gasteiger partial charge on any atom is 0.264 e. The third-order valence-corrected chi connectivity index (χ3v) is 4.34. The van der Waals surface area contributed by atoms with Crippen molar-refractivity contribution in [1.29, 1.82) is 0 Å². The van der Waals surface area contributed by atoms with Crippen LogP contribution in [0.5, 0.6) is 5.75 Å². The van der Waals surface area contributed by atoms with E-state index in [1.165, 1.54) is 11.8 Å². The molecule has 0 aliphatic carbocycles. The lowest BCUT2D eigenvalue weighted by Crippen LogP contribution is -2.19. The van der Waals surface area contributed by atoms with E-state index in [4.69, 9.17) is 16.3 Å². The lowest BCUT2D eigenvalue weighted by atomic mass is 10.2. The van der Waals surface area contributed by atoms with Crippen LogP contribution in [0.25, 0.3) is 6.08 Å². The second-order valence-corrected chi connectivity index (χ2v) is 6.43. The van der Waals surface area contributed by atoms with Crippen LogP contribution in [0.3, 0.4) is 0 Å². The van der Waals surface area contributed by atoms with E-state index >= 15 is 0 Å². The van der Waals surface area contributed by atoms with Gasteiger partial charge in [0, 0.05) is 5.02 Å². The van der Waals surface area contributed by atoms with Crippen LogP contribution in [0.15, 0.2) is 58.4 Å². The van der Waals surface area contributed by atoms with E-state index in [0.717, 1.165) is 17.0 Å². The number of thioether (sulfide) groups is 1. The van der Waals surface area contributed by atoms with Crippen LogP contribution in [0.2, 0.25) is 5.02 Å². The van der Waals surface area contributed by atoms with E-state index < -0.39 is 0 Å². The number of amidine groups is 1. The van der Waals surface area contributed by atoms with Crippen molar-refractivity contribution in [2.75, 3.05) is 6.61 Å². The van der Waals surface area contributed by atoms with E-state index in [2.05, 4.69) is 10.3 Å². The van der Waals surface area contributed by atoms with E-state index in [1.54, 1.807) is 24.3 Å². The van der Waals surface area contributed by atoms with Gasteiger partial charge in [-0.3, -0.25) is 4.79 Å². The van der Waals surface area contributed by atoms with Gasteiger partial charge in [-0.15, -0.1) is 0 Å². The Morgan fingerprint density at radius 1 is 1.25 bits per heavy atom. The molecule has 0 unspecified atom stereocenters. The van der Waals surface area contributed by atoms with Crippen molar-refractivity contribution in [2.45, 2.75) is 6.92 Å². The molecule has 1 saturated heterocycles. The zero-order chi connectivity index (χ0) is 16.9. The predicted molar refractivity (Wildman–Crippen MR) is 99.9 cm³/mol. The van der Waals surface area contributed by atoms with E-state index in [9.17, 15) is 4.79 Å². The highest BCUT2D eigenvalue weighted by molar-refractivity contribution is 8.18. The van der Waals surface area contributed by atoms with Gasteiger partial charge in [-0.05, 0) is 66.7 Å². The number of benzene rings is 2. The fraction of sp³-hybridized carbons (Fsp3) is 0.111. The quantitative estimate of drug-likeness (QED) is 0.810. The van der Waals surface area contributed by atoms with E-state index in [0.29, 0.717) is 21.7 Å². The Hall–Kier alpha value is -2.24. The molecule has 2 aromatic carbocycles. The molecule has 1 amide bonds. The summed E-state index contributed by atoms with van der Waals surface area (Å²) in [6.45, 7) is 2.54. The molecule has 3 rings (SSSR count). The minimum atomic E-state index is -0.158. The number of aliphatic imine (C=N–C) groups is 1. The van der Waals surface area contributed by atoms with Crippen LogP contribution in [0.1, 0.15) is 12.5 Å². The number of halogens is 1. The maximum absolute atomic E-state index is 12.1. The molecule has 0 aromatic heterocycles. The van der Waals surface area contributed by atoms with Gasteiger partial charge in [0.05, 0.1) is 17.2 Å². The Morgan fingerprint density at radius 3 is 2.79 bits per heavy atom. The fourth-order valence-electron chi connectivity index (χ4n) is 2.13. The Balaban J connectivity index is 1.79. The number of nitrogens with zero attached hydrogens (tertiary/aromatic N) is 1. The van der Waals surface area contributed by atoms with Gasteiger partial charge >= 0.3 is 0 Å². The van der Waals surface area contributed by atoms with Gasteiger partial charge in [-0.25, -0.2) is 4.99 Å². The Morgan fingerprint density at radius 2 is 2.04 bits per heavy atom. The topological polar surface area (TPSA) is 50.7 Å². The number of hydrogen-bond acceptors (Lipinski definition) is 4. The number of carbonyl (C=O) groups excluding carboxylic acids is 1. The van der Waals surface area contributed by atoms with Crippen molar-refractivity contribution < 1.29 is 9.53 Å². The molecule has 6 heteroatoms. The Kier molecular flexibility index (Phi) is 5.23. The first-order valence-electron chi connectivity index (χ1n) is 7.42. The van der Waals surface area contributed by atoms with Gasteiger partial charge in [0.25, 0.3) is 5.91 Å². The molecule has 1 N–H and O–H groups in total. The molecule has 1 aliphatic rings. The monoisotopic (exact) mass is 358 g/mol. The molecule has 0 atom stereocenters. The summed E-state index contributed by atoms with van der Waals surface area (Å²) >= 11 is 7.17. The normalized spacial score (nSPS) is 17.3. The molecular weight excluding hydrogens is 344 g/mol. The molecule has 1 heterocycles. The number of carbonyl (C=O) groups is 1. The third-order valence-electron chi connectivity index (χ3n) is 3.18. The lowest BCUT2D eigenvalue weighted by Gasteiger charge is -2.03. The second-order valence-electron chi connectivity index (χ2n) is 4.96. The summed E-state index contributed by atoms with van der Waals surface area (Å²) in [5, 5.41) is 3.97. The van der Waals surface area contributed by atoms with E-state index in [-0.39, 0.29) is 5.91 Å². The van der Waals surface area contributed by atoms with Crippen molar-refractivity contribution >= 4 is 46.2 Å². The van der Waals surface area contributed by atoms with Gasteiger partial charge in [0.15, 0.2) is 5.17 Å². The second kappa shape index (κ2) is 7.55. The van der Waals surface area contributed by atoms with E-state index in [1.807, 2.05) is 37.3 Å². The standard InChI is InChI=1S/C18H15ClN2O2S/c1-2-23-15-5-3-4-12(10-15)11-16-17(22)21-18(24-16)20-14-8-6-13(19)7-9-14/h3-11H,2H2,1H3,(H,20,21,22)/b16-11-. The van der Waals surface area contributed by atoms with Gasteiger partial charge < -0.3 is 10.1 Å². The minimum absolute atomic E-state index is 0.158. The van der Waals surface area contributed by atoms with Crippen molar-refractivity contribution in [3.05, 3.63) is 64.0 Å². The number of amides is 1. The molecule has 24 heavy (non-hydrogen) atoms. The number of nitrogens with one attached hydrogen (secondary N) is 1. The summed E-state index contributed by atoms with van der Waals surface area (Å²) < 4.78 is 5.48. The third kappa shape index (κ3) is 4.19. The highest BCUT2D eigenvalue weighted by Crippen LogP contribution is 2.29. The van der Waals surface area contributed by atoms with Crippen LogP contribution in [-0.4, -0.2) is 17.7 Å². The van der Waals surface area contributed by atoms with Crippen LogP contribution < -0.4 is 10.1 Å². The molecule has 1 fully saturated rings. The van der Waals surface area contributed by atoms with Gasteiger partial charge in [0.1, 0.15) is 5.75 Å². The molecular formula is C18H15ClN2O2S. The van der Waals surface area contributed by atoms with Crippen LogP contribution >= 0.6 is 23.4 Å². The largest absolute Gasteiger partial charge is 0.494 e. The van der Waals surface area contributed by atoms with Crippen molar-refractivity contribution in [1.82, 2.24) is 5.32 Å². The Bertz CT molecular complexity index is 816. The fourth-order valence-corrected chi connectivity index (χ4v) is 3.09.